The zero-order valence-corrected chi connectivity index (χ0v) is 14.5. The molecule has 0 saturated carbocycles. The number of piperazine rings is 3. The Morgan fingerprint density at radius 2 is 2.00 bits per heavy atom. The van der Waals surface area contributed by atoms with Gasteiger partial charge in [-0.2, -0.15) is 0 Å². The van der Waals surface area contributed by atoms with Gasteiger partial charge in [0.05, 0.1) is 6.54 Å². The molecule has 3 heterocycles. The van der Waals surface area contributed by atoms with Gasteiger partial charge in [0.25, 0.3) is 0 Å². The van der Waals surface area contributed by atoms with Crippen LogP contribution in [-0.4, -0.2) is 74.2 Å². The summed E-state index contributed by atoms with van der Waals surface area (Å²) in [5, 5.41) is 6.60. The van der Waals surface area contributed by atoms with Gasteiger partial charge in [-0.25, -0.2) is 4.39 Å². The van der Waals surface area contributed by atoms with Crippen molar-refractivity contribution in [2.45, 2.75) is 19.4 Å². The molecule has 1 unspecified atom stereocenters. The fraction of sp³-hybridized carbons (Fsp3) is 0.611. The molecule has 3 saturated heterocycles. The van der Waals surface area contributed by atoms with Crippen LogP contribution in [0.25, 0.3) is 0 Å². The summed E-state index contributed by atoms with van der Waals surface area (Å²) >= 11 is 0. The zero-order chi connectivity index (χ0) is 16.8. The van der Waals surface area contributed by atoms with E-state index in [0.29, 0.717) is 19.0 Å². The first-order valence-corrected chi connectivity index (χ1v) is 8.98. The summed E-state index contributed by atoms with van der Waals surface area (Å²) in [7, 11) is 0. The lowest BCUT2D eigenvalue weighted by Crippen LogP contribution is -2.62. The van der Waals surface area contributed by atoms with Crippen LogP contribution in [0.4, 0.5) is 4.39 Å². The van der Waals surface area contributed by atoms with Gasteiger partial charge < -0.3 is 10.6 Å². The van der Waals surface area contributed by atoms with Crippen LogP contribution < -0.4 is 10.6 Å². The van der Waals surface area contributed by atoms with E-state index >= 15 is 0 Å². The summed E-state index contributed by atoms with van der Waals surface area (Å²) in [6.45, 7) is 10.2. The van der Waals surface area contributed by atoms with Gasteiger partial charge in [-0.15, -0.1) is 0 Å². The summed E-state index contributed by atoms with van der Waals surface area (Å²) in [6, 6.07) is 7.47. The number of nitrogens with one attached hydrogen (secondary N) is 2. The number of guanidine groups is 1. The maximum absolute atomic E-state index is 13.7. The van der Waals surface area contributed by atoms with E-state index in [1.165, 1.54) is 19.2 Å². The van der Waals surface area contributed by atoms with Crippen LogP contribution >= 0.6 is 0 Å². The summed E-state index contributed by atoms with van der Waals surface area (Å²) in [4.78, 5) is 9.82. The number of aliphatic imine (C=N–C) groups is 1. The molecule has 2 N–H and O–H groups in total. The zero-order valence-electron chi connectivity index (χ0n) is 14.5. The first-order chi connectivity index (χ1) is 11.8. The topological polar surface area (TPSA) is 42.9 Å². The molecule has 1 aromatic carbocycles. The lowest BCUT2D eigenvalue weighted by atomic mass is 10.1. The van der Waals surface area contributed by atoms with E-state index in [2.05, 4.69) is 27.4 Å². The van der Waals surface area contributed by atoms with Crippen molar-refractivity contribution in [2.75, 3.05) is 52.4 Å². The molecular formula is C18H28FN5. The molecule has 132 valence electrons. The van der Waals surface area contributed by atoms with Crippen LogP contribution in [0.2, 0.25) is 0 Å². The smallest absolute Gasteiger partial charge is 0.191 e. The predicted octanol–water partition coefficient (Wildman–Crippen LogP) is 0.923. The number of rotatable bonds is 6. The maximum Gasteiger partial charge on any atom is 0.191 e. The molecule has 4 rings (SSSR count). The van der Waals surface area contributed by atoms with Crippen molar-refractivity contribution in [1.82, 2.24) is 20.4 Å². The maximum atomic E-state index is 13.7. The minimum absolute atomic E-state index is 0.138. The monoisotopic (exact) mass is 333 g/mol. The Hall–Kier alpha value is -1.66. The fourth-order valence-electron chi connectivity index (χ4n) is 3.45. The average molecular weight is 333 g/mol. The first-order valence-electron chi connectivity index (χ1n) is 8.98. The molecule has 1 aromatic rings. The highest BCUT2D eigenvalue weighted by atomic mass is 19.1. The van der Waals surface area contributed by atoms with Crippen LogP contribution in [0.1, 0.15) is 12.5 Å². The predicted molar refractivity (Wildman–Crippen MR) is 95.9 cm³/mol. The summed E-state index contributed by atoms with van der Waals surface area (Å²) in [5.41, 5.74) is 0.740. The Bertz CT molecular complexity index is 554. The van der Waals surface area contributed by atoms with Crippen molar-refractivity contribution in [2.24, 2.45) is 4.99 Å². The summed E-state index contributed by atoms with van der Waals surface area (Å²) < 4.78 is 13.7. The second-order valence-electron chi connectivity index (χ2n) is 6.48. The highest BCUT2D eigenvalue weighted by molar-refractivity contribution is 5.79. The van der Waals surface area contributed by atoms with Gasteiger partial charge in [0.15, 0.2) is 5.96 Å². The molecular weight excluding hydrogens is 305 g/mol. The molecule has 24 heavy (non-hydrogen) atoms. The van der Waals surface area contributed by atoms with Crippen molar-refractivity contribution < 1.29 is 4.39 Å². The third-order valence-corrected chi connectivity index (χ3v) is 4.84. The van der Waals surface area contributed by atoms with Crippen LogP contribution in [0, 0.1) is 5.82 Å². The largest absolute Gasteiger partial charge is 0.357 e. The van der Waals surface area contributed by atoms with E-state index in [0.717, 1.165) is 44.2 Å². The molecule has 0 spiro atoms. The number of halogens is 1. The van der Waals surface area contributed by atoms with Crippen LogP contribution in [0.3, 0.4) is 0 Å². The van der Waals surface area contributed by atoms with Gasteiger partial charge in [-0.1, -0.05) is 18.2 Å². The van der Waals surface area contributed by atoms with Crippen molar-refractivity contribution in [3.63, 3.8) is 0 Å². The second kappa shape index (κ2) is 8.44. The quantitative estimate of drug-likeness (QED) is 0.600. The molecule has 0 radical (unpaired) electrons. The van der Waals surface area contributed by atoms with E-state index in [9.17, 15) is 4.39 Å². The molecule has 6 heteroatoms. The normalized spacial score (nSPS) is 26.4. The van der Waals surface area contributed by atoms with E-state index in [4.69, 9.17) is 4.99 Å². The summed E-state index contributed by atoms with van der Waals surface area (Å²) in [5.74, 6) is 0.688. The number of hydrogen-bond donors (Lipinski definition) is 2. The molecule has 3 aliphatic rings. The van der Waals surface area contributed by atoms with Crippen molar-refractivity contribution in [1.29, 1.82) is 0 Å². The first kappa shape index (κ1) is 17.2. The Morgan fingerprint density at radius 1 is 1.21 bits per heavy atom. The lowest BCUT2D eigenvalue weighted by Gasteiger charge is -2.47. The Labute approximate surface area is 143 Å². The Kier molecular flexibility index (Phi) is 6.04. The van der Waals surface area contributed by atoms with Gasteiger partial charge in [0.2, 0.25) is 0 Å². The van der Waals surface area contributed by atoms with Crippen LogP contribution in [0.5, 0.6) is 0 Å². The highest BCUT2D eigenvalue weighted by Gasteiger charge is 2.31. The molecule has 3 aliphatic heterocycles. The van der Waals surface area contributed by atoms with Gasteiger partial charge in [0.1, 0.15) is 5.82 Å². The van der Waals surface area contributed by atoms with Crippen LogP contribution in [0.15, 0.2) is 29.3 Å². The van der Waals surface area contributed by atoms with Crippen molar-refractivity contribution >= 4 is 5.96 Å². The van der Waals surface area contributed by atoms with Crippen LogP contribution in [-0.2, 0) is 6.42 Å². The number of nitrogens with zero attached hydrogens (tertiary/aromatic N) is 3. The van der Waals surface area contributed by atoms with E-state index in [1.807, 2.05) is 12.1 Å². The minimum atomic E-state index is -0.138. The summed E-state index contributed by atoms with van der Waals surface area (Å²) in [6.07, 6.45) is 0.653. The molecule has 5 nitrogen and oxygen atoms in total. The van der Waals surface area contributed by atoms with E-state index in [1.54, 1.807) is 6.07 Å². The Balaban J connectivity index is 1.49. The van der Waals surface area contributed by atoms with Gasteiger partial charge in [0, 0.05) is 51.9 Å². The third-order valence-electron chi connectivity index (χ3n) is 4.84. The molecule has 0 amide bonds. The van der Waals surface area contributed by atoms with E-state index < -0.39 is 0 Å². The molecule has 0 aromatic heterocycles. The average Bonchev–Trinajstić information content (AvgIpc) is 2.62. The van der Waals surface area contributed by atoms with E-state index in [-0.39, 0.29) is 5.82 Å². The number of hydrogen-bond acceptors (Lipinski definition) is 3. The number of benzene rings is 1. The molecule has 2 bridgehead atoms. The molecule has 0 aliphatic carbocycles. The number of fused-ring (bicyclic) bond motifs is 3. The van der Waals surface area contributed by atoms with Crippen molar-refractivity contribution in [3.05, 3.63) is 35.6 Å². The Morgan fingerprint density at radius 3 is 2.67 bits per heavy atom. The van der Waals surface area contributed by atoms with Crippen molar-refractivity contribution in [3.8, 4) is 0 Å². The molecule has 3 fully saturated rings. The fourth-order valence-corrected chi connectivity index (χ4v) is 3.45. The highest BCUT2D eigenvalue weighted by Crippen LogP contribution is 2.15. The van der Waals surface area contributed by atoms with Gasteiger partial charge >= 0.3 is 0 Å². The molecule has 1 atom stereocenters. The standard InChI is InChI=1S/C18H28FN5/c1-2-20-18(21-8-7-15-5-3-4-6-17(15)19)22-13-16-14-23-9-11-24(16)12-10-23/h3-6,16H,2,7-14H2,1H3,(H2,20,21,22). The lowest BCUT2D eigenvalue weighted by molar-refractivity contribution is 0.0174. The van der Waals surface area contributed by atoms with Gasteiger partial charge in [-0.05, 0) is 25.0 Å². The second-order valence-corrected chi connectivity index (χ2v) is 6.48. The van der Waals surface area contributed by atoms with Gasteiger partial charge in [-0.3, -0.25) is 14.8 Å². The SMILES string of the molecule is CCNC(=NCC1CN2CCN1CC2)NCCc1ccccc1F. The third kappa shape index (κ3) is 4.45. The minimum Gasteiger partial charge on any atom is -0.357 e.